The fraction of sp³-hybridized carbons (Fsp3) is 0. The van der Waals surface area contributed by atoms with Crippen LogP contribution in [0.5, 0.6) is 0 Å². The normalized spacial score (nSPS) is 11.4. The molecule has 0 bridgehead atoms. The van der Waals surface area contributed by atoms with Crippen LogP contribution in [0, 0.1) is 10.4 Å². The van der Waals surface area contributed by atoms with Crippen molar-refractivity contribution < 1.29 is 45.9 Å². The molecule has 0 aliphatic carbocycles. The molecule has 0 saturated heterocycles. The Balaban J connectivity index is 0.000000767. The first-order chi connectivity index (χ1) is 18.9. The first kappa shape index (κ1) is 33.1. The van der Waals surface area contributed by atoms with Crippen molar-refractivity contribution in [3.63, 3.8) is 0 Å². The summed E-state index contributed by atoms with van der Waals surface area (Å²) in [6.45, 7) is 0. The monoisotopic (exact) mass is 647 g/mol. The van der Waals surface area contributed by atoms with E-state index < -0.39 is 20.2 Å². The van der Waals surface area contributed by atoms with Gasteiger partial charge in [-0.05, 0) is 72.8 Å². The van der Waals surface area contributed by atoms with Gasteiger partial charge in [0.25, 0.3) is 0 Å². The first-order valence-electron chi connectivity index (χ1n) is 10.9. The van der Waals surface area contributed by atoms with Crippen LogP contribution >= 0.6 is 0 Å². The fourth-order valence-electron chi connectivity index (χ4n) is 2.76. The van der Waals surface area contributed by atoms with Gasteiger partial charge in [-0.3, -0.25) is 0 Å². The Labute approximate surface area is 248 Å². The molecule has 0 fully saturated rings. The van der Waals surface area contributed by atoms with Gasteiger partial charge in [0.15, 0.2) is 0 Å². The Kier molecular flexibility index (Phi) is 12.2. The summed E-state index contributed by atoms with van der Waals surface area (Å²) < 4.78 is 64.4. The number of hydrogen-bond acceptors (Lipinski definition) is 12. The third-order valence-corrected chi connectivity index (χ3v) is 6.39. The number of para-hydroxylation sites is 2. The van der Waals surface area contributed by atoms with E-state index in [0.29, 0.717) is 21.7 Å². The molecule has 0 saturated carbocycles. The van der Waals surface area contributed by atoms with Crippen molar-refractivity contribution in [1.29, 1.82) is 0 Å². The summed E-state index contributed by atoms with van der Waals surface area (Å²) in [5.74, 6) is 0. The molecule has 4 rings (SSSR count). The van der Waals surface area contributed by atoms with E-state index in [0.717, 1.165) is 24.3 Å². The zero-order chi connectivity index (χ0) is 29.2. The van der Waals surface area contributed by atoms with Crippen LogP contribution in [-0.2, 0) is 37.3 Å². The maximum Gasteiger partial charge on any atom is 2.00 e. The van der Waals surface area contributed by atoms with Crippen LogP contribution < -0.4 is 10.3 Å². The van der Waals surface area contributed by atoms with Gasteiger partial charge in [-0.2, -0.15) is 0 Å². The molecule has 0 unspecified atom stereocenters. The first-order valence-corrected chi connectivity index (χ1v) is 13.7. The standard InChI is InChI=1S/2C12H10N3O4S.Cu/c2*16-15(11-4-2-1-3-5-11)14-13-10-6-8-12(9-7-10)20(17,18)19;/h2*1-9H,(H,17,18,19);/q2*-1;+2. The number of benzene rings is 4. The van der Waals surface area contributed by atoms with Crippen molar-refractivity contribution in [2.45, 2.75) is 9.79 Å². The van der Waals surface area contributed by atoms with Gasteiger partial charge in [-0.25, -0.2) is 16.8 Å². The molecule has 217 valence electrons. The number of hydrogen-bond donors (Lipinski definition) is 0. The molecule has 1 radical (unpaired) electrons. The molecule has 0 aliphatic heterocycles. The Hall–Kier alpha value is -4.06. The van der Waals surface area contributed by atoms with Crippen molar-refractivity contribution in [2.75, 3.05) is 10.3 Å². The van der Waals surface area contributed by atoms with Gasteiger partial charge in [0.1, 0.15) is 20.2 Å². The van der Waals surface area contributed by atoms with E-state index in [1.54, 1.807) is 60.7 Å². The van der Waals surface area contributed by atoms with E-state index in [9.17, 15) is 36.4 Å². The maximum atomic E-state index is 11.6. The zero-order valence-electron chi connectivity index (χ0n) is 22.5. The van der Waals surface area contributed by atoms with Gasteiger partial charge in [0.2, 0.25) is 0 Å². The summed E-state index contributed by atoms with van der Waals surface area (Å²) in [6, 6.07) is 26.1. The van der Waals surface area contributed by atoms with Crippen molar-refractivity contribution in [3.8, 4) is 0 Å². The van der Waals surface area contributed by atoms with Gasteiger partial charge in [-0.1, -0.05) is 46.8 Å². The quantitative estimate of drug-likeness (QED) is 0.102. The van der Waals surface area contributed by atoms with Crippen LogP contribution in [0.15, 0.2) is 140 Å². The van der Waals surface area contributed by atoms with Crippen molar-refractivity contribution >= 4 is 43.0 Å². The molecule has 17 heteroatoms. The molecule has 0 spiro atoms. The van der Waals surface area contributed by atoms with Gasteiger partial charge in [0, 0.05) is 11.4 Å². The predicted octanol–water partition coefficient (Wildman–Crippen LogP) is 5.41. The largest absolute Gasteiger partial charge is 2.00 e. The van der Waals surface area contributed by atoms with E-state index in [2.05, 4.69) is 20.7 Å². The molecular weight excluding hydrogens is 628 g/mol. The Morgan fingerprint density at radius 3 is 1.07 bits per heavy atom. The molecule has 4 aromatic carbocycles. The minimum atomic E-state index is -4.49. The molecule has 4 aromatic rings. The molecule has 0 amide bonds. The number of nitrogens with zero attached hydrogens (tertiary/aromatic N) is 6. The minimum absolute atomic E-state index is 0. The van der Waals surface area contributed by atoms with Crippen LogP contribution in [0.2, 0.25) is 0 Å². The van der Waals surface area contributed by atoms with Crippen LogP contribution in [0.1, 0.15) is 2.85 Å². The van der Waals surface area contributed by atoms with Crippen LogP contribution in [0.25, 0.3) is 0 Å². The molecule has 0 heterocycles. The summed E-state index contributed by atoms with van der Waals surface area (Å²) in [6.07, 6.45) is 0. The molecule has 0 aromatic heterocycles. The summed E-state index contributed by atoms with van der Waals surface area (Å²) >= 11 is 0. The molecule has 0 N–H and O–H groups in total. The summed E-state index contributed by atoms with van der Waals surface area (Å²) in [7, 11) is -8.98. The molecule has 0 aliphatic rings. The summed E-state index contributed by atoms with van der Waals surface area (Å²) in [5.41, 5.74) is 1.15. The number of rotatable bonds is 8. The summed E-state index contributed by atoms with van der Waals surface area (Å²) in [5, 5.41) is 37.9. The van der Waals surface area contributed by atoms with Gasteiger partial charge < -0.3 is 29.9 Å². The third kappa shape index (κ3) is 10.8. The van der Waals surface area contributed by atoms with Crippen LogP contribution in [0.4, 0.5) is 22.7 Å². The van der Waals surface area contributed by atoms with Crippen LogP contribution in [0.3, 0.4) is 0 Å². The van der Waals surface area contributed by atoms with E-state index in [4.69, 9.17) is 0 Å². The van der Waals surface area contributed by atoms with E-state index in [1.807, 2.05) is 0 Å². The maximum absolute atomic E-state index is 11.6. The smallest absolute Gasteiger partial charge is 0.744 e. The SMILES string of the molecule is O=S(=O)([O-])c1ccc(N=NN([O-])c2ccccc2)cc1.O=S(=O)([O-])c1ccc(N=NN([O-])c2ccccc2)cc1.[Cu+2].[H+].[H+]. The second kappa shape index (κ2) is 15.1. The van der Waals surface area contributed by atoms with Crippen molar-refractivity contribution in [1.82, 2.24) is 0 Å². The third-order valence-electron chi connectivity index (χ3n) is 4.69. The zero-order valence-corrected chi connectivity index (χ0v) is 23.0. The Morgan fingerprint density at radius 1 is 0.512 bits per heavy atom. The van der Waals surface area contributed by atoms with Crippen molar-refractivity contribution in [2.24, 2.45) is 20.7 Å². The van der Waals surface area contributed by atoms with Crippen LogP contribution in [-0.4, -0.2) is 25.9 Å². The molecule has 0 atom stereocenters. The van der Waals surface area contributed by atoms with E-state index in [1.165, 1.54) is 24.3 Å². The summed E-state index contributed by atoms with van der Waals surface area (Å²) in [4.78, 5) is -0.725. The Bertz CT molecular complexity index is 1540. The van der Waals surface area contributed by atoms with E-state index in [-0.39, 0.29) is 41.1 Å². The topological polar surface area (TPSA) is 216 Å². The van der Waals surface area contributed by atoms with Crippen molar-refractivity contribution in [3.05, 3.63) is 120 Å². The predicted molar refractivity (Wildman–Crippen MR) is 145 cm³/mol. The second-order valence-electron chi connectivity index (χ2n) is 7.49. The minimum Gasteiger partial charge on any atom is -0.744 e. The molecule has 14 nitrogen and oxygen atoms in total. The van der Waals surface area contributed by atoms with E-state index >= 15 is 0 Å². The van der Waals surface area contributed by atoms with Gasteiger partial charge >= 0.3 is 19.9 Å². The van der Waals surface area contributed by atoms with Gasteiger partial charge in [0.05, 0.1) is 21.2 Å². The Morgan fingerprint density at radius 2 is 0.805 bits per heavy atom. The number of anilines is 2. The molecular formula is C24H20CuN6O8S2. The van der Waals surface area contributed by atoms with Gasteiger partial charge in [-0.15, -0.1) is 10.2 Å². The molecule has 41 heavy (non-hydrogen) atoms. The second-order valence-corrected chi connectivity index (χ2v) is 10.3. The average molecular weight is 648 g/mol. The average Bonchev–Trinajstić information content (AvgIpc) is 2.95. The fourth-order valence-corrected chi connectivity index (χ4v) is 3.70.